The van der Waals surface area contributed by atoms with Gasteiger partial charge in [-0.1, -0.05) is 11.8 Å². The van der Waals surface area contributed by atoms with E-state index in [0.717, 1.165) is 47.2 Å². The zero-order valence-corrected chi connectivity index (χ0v) is 16.7. The number of thiophene rings is 1. The van der Waals surface area contributed by atoms with E-state index in [-0.39, 0.29) is 11.7 Å². The van der Waals surface area contributed by atoms with E-state index in [0.29, 0.717) is 28.2 Å². The fraction of sp³-hybridized carbons (Fsp3) is 0.353. The lowest BCUT2D eigenvalue weighted by Gasteiger charge is -2.05. The summed E-state index contributed by atoms with van der Waals surface area (Å²) in [5.74, 6) is -0.257. The molecule has 0 aliphatic heterocycles. The topological polar surface area (TPSA) is 129 Å². The van der Waals surface area contributed by atoms with Crippen LogP contribution in [0, 0.1) is 6.92 Å². The summed E-state index contributed by atoms with van der Waals surface area (Å²) < 4.78 is 7.24. The summed E-state index contributed by atoms with van der Waals surface area (Å²) in [6, 6.07) is 1.89. The van der Waals surface area contributed by atoms with E-state index in [1.54, 1.807) is 4.68 Å². The van der Waals surface area contributed by atoms with Gasteiger partial charge in [-0.2, -0.15) is 5.10 Å². The molecule has 146 valence electrons. The Kier molecular flexibility index (Phi) is 5.18. The summed E-state index contributed by atoms with van der Waals surface area (Å²) in [5.41, 5.74) is 7.85. The van der Waals surface area contributed by atoms with Crippen molar-refractivity contribution in [3.05, 3.63) is 39.9 Å². The van der Waals surface area contributed by atoms with Crippen molar-refractivity contribution in [2.24, 2.45) is 5.73 Å². The van der Waals surface area contributed by atoms with Gasteiger partial charge in [0.2, 0.25) is 11.8 Å². The van der Waals surface area contributed by atoms with Gasteiger partial charge in [-0.05, 0) is 37.8 Å². The predicted octanol–water partition coefficient (Wildman–Crippen LogP) is 2.00. The molecule has 3 aromatic heterocycles. The Balaban J connectivity index is 1.35. The third kappa shape index (κ3) is 3.94. The molecule has 0 atom stereocenters. The molecule has 11 heteroatoms. The number of thioether (sulfide) groups is 1. The molecular weight excluding hydrogens is 400 g/mol. The lowest BCUT2D eigenvalue weighted by molar-refractivity contribution is -0.113. The van der Waals surface area contributed by atoms with E-state index in [9.17, 15) is 9.59 Å². The second-order valence-corrected chi connectivity index (χ2v) is 8.41. The van der Waals surface area contributed by atoms with E-state index < -0.39 is 5.91 Å². The third-order valence-corrected chi connectivity index (χ3v) is 6.29. The second kappa shape index (κ2) is 7.76. The fourth-order valence-corrected chi connectivity index (χ4v) is 4.98. The van der Waals surface area contributed by atoms with Crippen LogP contribution in [-0.2, 0) is 24.2 Å². The maximum Gasteiger partial charge on any atom is 0.277 e. The Morgan fingerprint density at radius 3 is 3.00 bits per heavy atom. The van der Waals surface area contributed by atoms with Crippen LogP contribution in [0.15, 0.2) is 21.9 Å². The number of aryl methyl sites for hydroxylation is 2. The fourth-order valence-electron chi connectivity index (χ4n) is 3.09. The van der Waals surface area contributed by atoms with Crippen LogP contribution < -0.4 is 11.1 Å². The molecule has 3 N–H and O–H groups in total. The van der Waals surface area contributed by atoms with Crippen molar-refractivity contribution < 1.29 is 14.0 Å². The van der Waals surface area contributed by atoms with Gasteiger partial charge in [-0.3, -0.25) is 14.3 Å². The van der Waals surface area contributed by atoms with Gasteiger partial charge in [0.1, 0.15) is 11.5 Å². The van der Waals surface area contributed by atoms with Crippen molar-refractivity contribution in [3.63, 3.8) is 0 Å². The molecule has 0 saturated carbocycles. The van der Waals surface area contributed by atoms with Crippen molar-refractivity contribution in [1.82, 2.24) is 20.0 Å². The molecule has 0 saturated heterocycles. The Labute approximate surface area is 168 Å². The highest BCUT2D eigenvalue weighted by atomic mass is 32.2. The van der Waals surface area contributed by atoms with E-state index >= 15 is 0 Å². The Bertz CT molecular complexity index is 1040. The number of aromatic nitrogens is 4. The molecule has 4 rings (SSSR count). The van der Waals surface area contributed by atoms with Gasteiger partial charge in [-0.25, -0.2) is 0 Å². The first kappa shape index (κ1) is 18.7. The quantitative estimate of drug-likeness (QED) is 0.561. The molecule has 3 heterocycles. The highest BCUT2D eigenvalue weighted by Crippen LogP contribution is 2.38. The minimum absolute atomic E-state index is 0.0866. The predicted molar refractivity (Wildman–Crippen MR) is 105 cm³/mol. The Morgan fingerprint density at radius 1 is 1.39 bits per heavy atom. The van der Waals surface area contributed by atoms with Crippen molar-refractivity contribution >= 4 is 39.9 Å². The van der Waals surface area contributed by atoms with Gasteiger partial charge in [0, 0.05) is 11.1 Å². The smallest absolute Gasteiger partial charge is 0.277 e. The van der Waals surface area contributed by atoms with Gasteiger partial charge in [-0.15, -0.1) is 21.5 Å². The second-order valence-electron chi connectivity index (χ2n) is 6.38. The average molecular weight is 419 g/mol. The van der Waals surface area contributed by atoms with Gasteiger partial charge in [0.15, 0.2) is 0 Å². The summed E-state index contributed by atoms with van der Waals surface area (Å²) in [5, 5.41) is 15.8. The summed E-state index contributed by atoms with van der Waals surface area (Å²) in [6.07, 6.45) is 4.60. The van der Waals surface area contributed by atoms with Crippen molar-refractivity contribution in [1.29, 1.82) is 0 Å². The van der Waals surface area contributed by atoms with Crippen molar-refractivity contribution in [3.8, 4) is 0 Å². The Morgan fingerprint density at radius 2 is 2.25 bits per heavy atom. The van der Waals surface area contributed by atoms with Gasteiger partial charge in [0.25, 0.3) is 11.1 Å². The summed E-state index contributed by atoms with van der Waals surface area (Å²) in [6.45, 7) is 2.27. The van der Waals surface area contributed by atoms with Gasteiger partial charge in [0.05, 0.1) is 17.0 Å². The molecule has 0 radical (unpaired) electrons. The maximum atomic E-state index is 12.3. The largest absolute Gasteiger partial charge is 0.414 e. The molecule has 28 heavy (non-hydrogen) atoms. The first-order valence-electron chi connectivity index (χ1n) is 8.69. The number of anilines is 1. The first-order valence-corrected chi connectivity index (χ1v) is 10.5. The number of hydrogen-bond donors (Lipinski definition) is 2. The van der Waals surface area contributed by atoms with Crippen LogP contribution in [-0.4, -0.2) is 37.5 Å². The highest BCUT2D eigenvalue weighted by Gasteiger charge is 2.26. The molecule has 2 amide bonds. The molecule has 3 aromatic rings. The van der Waals surface area contributed by atoms with Crippen LogP contribution in [0.2, 0.25) is 0 Å². The number of nitrogens with one attached hydrogen (secondary N) is 1. The molecule has 0 spiro atoms. The number of carbonyl (C=O) groups excluding carboxylic acids is 2. The average Bonchev–Trinajstić information content (AvgIpc) is 3.38. The summed E-state index contributed by atoms with van der Waals surface area (Å²) in [4.78, 5) is 25.2. The van der Waals surface area contributed by atoms with Crippen molar-refractivity contribution in [2.75, 3.05) is 11.1 Å². The normalized spacial score (nSPS) is 12.9. The summed E-state index contributed by atoms with van der Waals surface area (Å²) in [7, 11) is 0. The van der Waals surface area contributed by atoms with Crippen LogP contribution in [0.3, 0.4) is 0 Å². The maximum absolute atomic E-state index is 12.3. The zero-order chi connectivity index (χ0) is 19.7. The highest BCUT2D eigenvalue weighted by molar-refractivity contribution is 7.99. The van der Waals surface area contributed by atoms with Crippen molar-refractivity contribution in [2.45, 2.75) is 38.0 Å². The molecule has 0 fully saturated rings. The van der Waals surface area contributed by atoms with E-state index in [1.807, 2.05) is 19.2 Å². The molecule has 9 nitrogen and oxygen atoms in total. The van der Waals surface area contributed by atoms with Gasteiger partial charge >= 0.3 is 0 Å². The number of amides is 2. The van der Waals surface area contributed by atoms with E-state index in [1.165, 1.54) is 11.3 Å². The summed E-state index contributed by atoms with van der Waals surface area (Å²) >= 11 is 2.57. The Hall–Kier alpha value is -2.66. The van der Waals surface area contributed by atoms with Crippen LogP contribution in [0.1, 0.15) is 38.8 Å². The van der Waals surface area contributed by atoms with E-state index in [4.69, 9.17) is 10.2 Å². The van der Waals surface area contributed by atoms with Crippen LogP contribution in [0.5, 0.6) is 0 Å². The molecule has 0 aromatic carbocycles. The first-order chi connectivity index (χ1) is 13.5. The monoisotopic (exact) mass is 418 g/mol. The molecule has 1 aliphatic rings. The number of hydrogen-bond acceptors (Lipinski definition) is 8. The van der Waals surface area contributed by atoms with Crippen LogP contribution in [0.4, 0.5) is 5.00 Å². The van der Waals surface area contributed by atoms with Gasteiger partial charge < -0.3 is 15.5 Å². The number of nitrogens with zero attached hydrogens (tertiary/aromatic N) is 4. The number of nitrogens with two attached hydrogens (primary N) is 1. The number of fused-ring (bicyclic) bond motifs is 1. The number of carbonyl (C=O) groups is 2. The molecule has 0 unspecified atom stereocenters. The number of primary amides is 1. The lowest BCUT2D eigenvalue weighted by Crippen LogP contribution is -2.18. The molecular formula is C17H18N6O3S2. The van der Waals surface area contributed by atoms with Crippen LogP contribution in [0.25, 0.3) is 0 Å². The lowest BCUT2D eigenvalue weighted by atomic mass is 10.1. The number of rotatable bonds is 7. The third-order valence-electron chi connectivity index (χ3n) is 4.27. The SMILES string of the molecule is Cc1ccn(Cc2nnc(SCC(=O)Nc3sc4c(c3C(N)=O)CCC4)o2)n1. The minimum atomic E-state index is -0.502. The zero-order valence-electron chi connectivity index (χ0n) is 15.1. The molecule has 0 bridgehead atoms. The van der Waals surface area contributed by atoms with E-state index in [2.05, 4.69) is 20.6 Å². The minimum Gasteiger partial charge on any atom is -0.414 e. The van der Waals surface area contributed by atoms with Crippen LogP contribution >= 0.6 is 23.1 Å². The molecule has 1 aliphatic carbocycles. The standard InChI is InChI=1S/C17H18N6O3S2/c1-9-5-6-23(22-9)7-13-20-21-17(26-13)27-8-12(24)19-16-14(15(18)25)10-3-2-4-11(10)28-16/h5-6H,2-4,7-8H2,1H3,(H2,18,25)(H,19,24).